The number of hydrogen-bond acceptors (Lipinski definition) is 2. The zero-order chi connectivity index (χ0) is 12.3. The summed E-state index contributed by atoms with van der Waals surface area (Å²) in [7, 11) is 1.86. The molecule has 0 fully saturated rings. The van der Waals surface area contributed by atoms with Crippen LogP contribution < -0.4 is 5.73 Å². The minimum absolute atomic E-state index is 0. The SMILES string of the molecule is CCC(C)(C)C(=O)N(C)CC(C)(C)CN.Cl. The van der Waals surface area contributed by atoms with Crippen LogP contribution in [0.2, 0.25) is 0 Å². The molecule has 0 saturated carbocycles. The number of hydrogen-bond donors (Lipinski definition) is 1. The van der Waals surface area contributed by atoms with E-state index in [1.165, 1.54) is 0 Å². The fourth-order valence-electron chi connectivity index (χ4n) is 1.45. The smallest absolute Gasteiger partial charge is 0.227 e. The predicted molar refractivity (Wildman–Crippen MR) is 71.8 cm³/mol. The van der Waals surface area contributed by atoms with Crippen molar-refractivity contribution in [3.8, 4) is 0 Å². The molecular weight excluding hydrogens is 224 g/mol. The van der Waals surface area contributed by atoms with Crippen LogP contribution in [0.15, 0.2) is 0 Å². The fraction of sp³-hybridized carbons (Fsp3) is 0.917. The molecule has 0 saturated heterocycles. The van der Waals surface area contributed by atoms with Crippen molar-refractivity contribution in [3.63, 3.8) is 0 Å². The van der Waals surface area contributed by atoms with Gasteiger partial charge in [-0.15, -0.1) is 12.4 Å². The minimum Gasteiger partial charge on any atom is -0.345 e. The maximum absolute atomic E-state index is 12.1. The third-order valence-corrected chi connectivity index (χ3v) is 3.03. The molecule has 0 aliphatic carbocycles. The zero-order valence-electron chi connectivity index (χ0n) is 11.5. The highest BCUT2D eigenvalue weighted by atomic mass is 35.5. The van der Waals surface area contributed by atoms with E-state index in [9.17, 15) is 4.79 Å². The molecule has 0 aliphatic heterocycles. The fourth-order valence-corrected chi connectivity index (χ4v) is 1.45. The lowest BCUT2D eigenvalue weighted by Crippen LogP contribution is -2.44. The van der Waals surface area contributed by atoms with Gasteiger partial charge in [-0.05, 0) is 18.4 Å². The molecule has 0 aromatic heterocycles. The first-order chi connectivity index (χ1) is 6.66. The van der Waals surface area contributed by atoms with Crippen LogP contribution in [0.5, 0.6) is 0 Å². The Bertz CT molecular complexity index is 227. The molecule has 0 radical (unpaired) electrons. The van der Waals surface area contributed by atoms with Crippen LogP contribution in [-0.4, -0.2) is 30.9 Å². The van der Waals surface area contributed by atoms with Crippen molar-refractivity contribution in [3.05, 3.63) is 0 Å². The van der Waals surface area contributed by atoms with Gasteiger partial charge in [0.2, 0.25) is 5.91 Å². The van der Waals surface area contributed by atoms with Crippen LogP contribution in [0, 0.1) is 10.8 Å². The van der Waals surface area contributed by atoms with Gasteiger partial charge in [0.15, 0.2) is 0 Å². The van der Waals surface area contributed by atoms with E-state index < -0.39 is 0 Å². The van der Waals surface area contributed by atoms with Gasteiger partial charge >= 0.3 is 0 Å². The van der Waals surface area contributed by atoms with E-state index >= 15 is 0 Å². The van der Waals surface area contributed by atoms with Crippen LogP contribution in [0.3, 0.4) is 0 Å². The van der Waals surface area contributed by atoms with Gasteiger partial charge in [0.1, 0.15) is 0 Å². The molecule has 1 amide bonds. The van der Waals surface area contributed by atoms with Crippen molar-refractivity contribution in [1.82, 2.24) is 4.90 Å². The average molecular weight is 251 g/mol. The van der Waals surface area contributed by atoms with Crippen molar-refractivity contribution < 1.29 is 4.79 Å². The molecule has 0 aliphatic rings. The van der Waals surface area contributed by atoms with Crippen LogP contribution in [0.4, 0.5) is 0 Å². The molecule has 3 nitrogen and oxygen atoms in total. The third kappa shape index (κ3) is 5.17. The highest BCUT2D eigenvalue weighted by Gasteiger charge is 2.30. The normalized spacial score (nSPS) is 11.9. The monoisotopic (exact) mass is 250 g/mol. The van der Waals surface area contributed by atoms with Gasteiger partial charge in [0.05, 0.1) is 0 Å². The second-order valence-corrected chi connectivity index (χ2v) is 5.77. The van der Waals surface area contributed by atoms with Gasteiger partial charge in [-0.1, -0.05) is 34.6 Å². The Morgan fingerprint density at radius 3 is 2.00 bits per heavy atom. The van der Waals surface area contributed by atoms with Crippen LogP contribution in [-0.2, 0) is 4.79 Å². The maximum atomic E-state index is 12.1. The number of nitrogens with zero attached hydrogens (tertiary/aromatic N) is 1. The Morgan fingerprint density at radius 2 is 1.69 bits per heavy atom. The van der Waals surface area contributed by atoms with E-state index in [0.29, 0.717) is 13.1 Å². The summed E-state index contributed by atoms with van der Waals surface area (Å²) in [5.41, 5.74) is 5.39. The van der Waals surface area contributed by atoms with Crippen molar-refractivity contribution in [1.29, 1.82) is 0 Å². The van der Waals surface area contributed by atoms with Crippen molar-refractivity contribution in [2.45, 2.75) is 41.0 Å². The standard InChI is InChI=1S/C12H26N2O.ClH/c1-7-12(4,5)10(15)14(6)9-11(2,3)8-13;/h7-9,13H2,1-6H3;1H. The van der Waals surface area contributed by atoms with Crippen LogP contribution in [0.25, 0.3) is 0 Å². The summed E-state index contributed by atoms with van der Waals surface area (Å²) in [6.45, 7) is 11.5. The molecule has 16 heavy (non-hydrogen) atoms. The lowest BCUT2D eigenvalue weighted by Gasteiger charge is -2.34. The molecule has 98 valence electrons. The van der Waals surface area contributed by atoms with Gasteiger partial charge in [-0.25, -0.2) is 0 Å². The number of amides is 1. The summed E-state index contributed by atoms with van der Waals surface area (Å²) in [6, 6.07) is 0. The summed E-state index contributed by atoms with van der Waals surface area (Å²) < 4.78 is 0. The Morgan fingerprint density at radius 1 is 1.25 bits per heavy atom. The molecule has 0 aromatic rings. The quantitative estimate of drug-likeness (QED) is 0.814. The average Bonchev–Trinajstić information content (AvgIpc) is 2.16. The first kappa shape index (κ1) is 18.1. The first-order valence-electron chi connectivity index (χ1n) is 5.62. The van der Waals surface area contributed by atoms with Crippen molar-refractivity contribution in [2.24, 2.45) is 16.6 Å². The topological polar surface area (TPSA) is 46.3 Å². The second kappa shape index (κ2) is 6.45. The van der Waals surface area contributed by atoms with Crippen molar-refractivity contribution >= 4 is 18.3 Å². The van der Waals surface area contributed by atoms with Gasteiger partial charge < -0.3 is 10.6 Å². The number of rotatable bonds is 5. The molecule has 2 N–H and O–H groups in total. The first-order valence-corrected chi connectivity index (χ1v) is 5.62. The molecular formula is C12H27ClN2O. The second-order valence-electron chi connectivity index (χ2n) is 5.77. The molecule has 0 rings (SSSR count). The van der Waals surface area contributed by atoms with E-state index in [0.717, 1.165) is 6.42 Å². The van der Waals surface area contributed by atoms with Gasteiger partial charge in [-0.2, -0.15) is 0 Å². The van der Waals surface area contributed by atoms with E-state index in [1.807, 2.05) is 27.8 Å². The van der Waals surface area contributed by atoms with Gasteiger partial charge in [0, 0.05) is 19.0 Å². The van der Waals surface area contributed by atoms with Crippen LogP contribution >= 0.6 is 12.4 Å². The number of nitrogens with two attached hydrogens (primary N) is 1. The molecule has 0 spiro atoms. The summed E-state index contributed by atoms with van der Waals surface area (Å²) in [4.78, 5) is 13.9. The summed E-state index contributed by atoms with van der Waals surface area (Å²) in [6.07, 6.45) is 0.860. The Balaban J connectivity index is 0. The van der Waals surface area contributed by atoms with E-state index in [2.05, 4.69) is 13.8 Å². The van der Waals surface area contributed by atoms with E-state index in [4.69, 9.17) is 5.73 Å². The highest BCUT2D eigenvalue weighted by Crippen LogP contribution is 2.24. The lowest BCUT2D eigenvalue weighted by molar-refractivity contribution is -0.140. The largest absolute Gasteiger partial charge is 0.345 e. The van der Waals surface area contributed by atoms with E-state index in [1.54, 1.807) is 4.90 Å². The minimum atomic E-state index is -0.264. The Labute approximate surface area is 106 Å². The summed E-state index contributed by atoms with van der Waals surface area (Å²) >= 11 is 0. The zero-order valence-corrected chi connectivity index (χ0v) is 12.3. The Hall–Kier alpha value is -0.280. The molecule has 4 heteroatoms. The molecule has 0 bridgehead atoms. The predicted octanol–water partition coefficient (Wildman–Crippen LogP) is 2.29. The molecule has 0 heterocycles. The summed E-state index contributed by atoms with van der Waals surface area (Å²) in [5.74, 6) is 0.200. The third-order valence-electron chi connectivity index (χ3n) is 3.03. The molecule has 0 atom stereocenters. The molecule has 0 aromatic carbocycles. The van der Waals surface area contributed by atoms with E-state index in [-0.39, 0.29) is 29.1 Å². The number of halogens is 1. The number of carbonyl (C=O) groups is 1. The summed E-state index contributed by atoms with van der Waals surface area (Å²) in [5, 5.41) is 0. The van der Waals surface area contributed by atoms with Crippen molar-refractivity contribution in [2.75, 3.05) is 20.1 Å². The lowest BCUT2D eigenvalue weighted by atomic mass is 9.87. The molecule has 0 unspecified atom stereocenters. The maximum Gasteiger partial charge on any atom is 0.227 e. The van der Waals surface area contributed by atoms with Gasteiger partial charge in [-0.3, -0.25) is 4.79 Å². The highest BCUT2D eigenvalue weighted by molar-refractivity contribution is 5.85. The number of carbonyl (C=O) groups excluding carboxylic acids is 1. The Kier molecular flexibility index (Phi) is 7.30. The van der Waals surface area contributed by atoms with Gasteiger partial charge in [0.25, 0.3) is 0 Å². The van der Waals surface area contributed by atoms with Crippen LogP contribution in [0.1, 0.15) is 41.0 Å².